The molecule has 0 aromatic heterocycles. The molecular formula is C22H25ClN2O4. The van der Waals surface area contributed by atoms with Crippen molar-refractivity contribution in [1.29, 1.82) is 0 Å². The predicted molar refractivity (Wildman–Crippen MR) is 111 cm³/mol. The maximum absolute atomic E-state index is 12.5. The second-order valence-electron chi connectivity index (χ2n) is 6.76. The van der Waals surface area contributed by atoms with Crippen molar-refractivity contribution in [3.8, 4) is 11.5 Å². The third-order valence-corrected chi connectivity index (χ3v) is 5.00. The van der Waals surface area contributed by atoms with E-state index in [-0.39, 0.29) is 18.4 Å². The van der Waals surface area contributed by atoms with Gasteiger partial charge in [0.05, 0.1) is 13.0 Å². The molecule has 6 nitrogen and oxygen atoms in total. The van der Waals surface area contributed by atoms with Gasteiger partial charge in [-0.05, 0) is 48.9 Å². The molecule has 0 unspecified atom stereocenters. The van der Waals surface area contributed by atoms with Crippen LogP contribution < -0.4 is 9.47 Å². The van der Waals surface area contributed by atoms with E-state index in [9.17, 15) is 9.59 Å². The van der Waals surface area contributed by atoms with Crippen LogP contribution >= 0.6 is 11.6 Å². The van der Waals surface area contributed by atoms with Gasteiger partial charge in [-0.15, -0.1) is 0 Å². The third kappa shape index (κ3) is 6.12. The van der Waals surface area contributed by atoms with Crippen LogP contribution in [0.3, 0.4) is 0 Å². The largest absolute Gasteiger partial charge is 0.494 e. The van der Waals surface area contributed by atoms with Crippen molar-refractivity contribution in [3.05, 3.63) is 59.1 Å². The summed E-state index contributed by atoms with van der Waals surface area (Å²) in [6.07, 6.45) is 0.347. The summed E-state index contributed by atoms with van der Waals surface area (Å²) in [6, 6.07) is 14.5. The highest BCUT2D eigenvalue weighted by Gasteiger charge is 2.24. The van der Waals surface area contributed by atoms with Gasteiger partial charge in [0.25, 0.3) is 5.91 Å². The fourth-order valence-corrected chi connectivity index (χ4v) is 3.26. The number of carbonyl (C=O) groups excluding carboxylic acids is 2. The van der Waals surface area contributed by atoms with Gasteiger partial charge in [-0.25, -0.2) is 0 Å². The first kappa shape index (κ1) is 21.0. The Morgan fingerprint density at radius 2 is 1.34 bits per heavy atom. The lowest BCUT2D eigenvalue weighted by atomic mass is 10.1. The number of nitrogens with zero attached hydrogens (tertiary/aromatic N) is 2. The second-order valence-corrected chi connectivity index (χ2v) is 7.19. The summed E-state index contributed by atoms with van der Waals surface area (Å²) in [5, 5.41) is 0.620. The summed E-state index contributed by atoms with van der Waals surface area (Å²) in [5.41, 5.74) is 0.952. The average molecular weight is 417 g/mol. The van der Waals surface area contributed by atoms with Crippen LogP contribution in [0.4, 0.5) is 0 Å². The van der Waals surface area contributed by atoms with Crippen LogP contribution in [0.1, 0.15) is 12.5 Å². The van der Waals surface area contributed by atoms with Gasteiger partial charge < -0.3 is 19.3 Å². The van der Waals surface area contributed by atoms with Crippen LogP contribution in [-0.2, 0) is 16.0 Å². The standard InChI is InChI=1S/C22H25ClN2O4/c1-2-28-19-7-3-17(4-8-19)15-21(26)24-11-13-25(14-12-24)22(27)16-29-20-9-5-18(23)6-10-20/h3-10H,2,11-16H2,1H3. The second kappa shape index (κ2) is 10.2. The number of amides is 2. The van der Waals surface area contributed by atoms with Crippen LogP contribution in [-0.4, -0.2) is 61.0 Å². The van der Waals surface area contributed by atoms with E-state index in [1.165, 1.54) is 0 Å². The fourth-order valence-electron chi connectivity index (χ4n) is 3.13. The lowest BCUT2D eigenvalue weighted by Gasteiger charge is -2.34. The molecule has 0 radical (unpaired) electrons. The summed E-state index contributed by atoms with van der Waals surface area (Å²) >= 11 is 5.84. The molecule has 0 bridgehead atoms. The number of halogens is 1. The molecule has 29 heavy (non-hydrogen) atoms. The van der Waals surface area contributed by atoms with Gasteiger partial charge in [0.2, 0.25) is 5.91 Å². The number of piperazine rings is 1. The SMILES string of the molecule is CCOc1ccc(CC(=O)N2CCN(C(=O)COc3ccc(Cl)cc3)CC2)cc1. The number of ether oxygens (including phenoxy) is 2. The molecule has 0 aliphatic carbocycles. The summed E-state index contributed by atoms with van der Waals surface area (Å²) < 4.78 is 10.9. The first-order valence-corrected chi connectivity index (χ1v) is 10.1. The molecule has 0 N–H and O–H groups in total. The van der Waals surface area contributed by atoms with Gasteiger partial charge in [-0.2, -0.15) is 0 Å². The fraction of sp³-hybridized carbons (Fsp3) is 0.364. The molecule has 1 heterocycles. The molecule has 1 fully saturated rings. The molecule has 2 amide bonds. The maximum Gasteiger partial charge on any atom is 0.260 e. The quantitative estimate of drug-likeness (QED) is 0.696. The topological polar surface area (TPSA) is 59.1 Å². The Balaban J connectivity index is 1.42. The Morgan fingerprint density at radius 3 is 1.93 bits per heavy atom. The van der Waals surface area contributed by atoms with Crippen molar-refractivity contribution >= 4 is 23.4 Å². The zero-order valence-electron chi connectivity index (χ0n) is 16.5. The number of rotatable bonds is 7. The first-order chi connectivity index (χ1) is 14.0. The van der Waals surface area contributed by atoms with Gasteiger partial charge in [0.15, 0.2) is 6.61 Å². The van der Waals surface area contributed by atoms with E-state index in [1.54, 1.807) is 34.1 Å². The molecule has 0 spiro atoms. The lowest BCUT2D eigenvalue weighted by Crippen LogP contribution is -2.52. The normalized spacial score (nSPS) is 13.9. The van der Waals surface area contributed by atoms with Gasteiger partial charge in [0.1, 0.15) is 11.5 Å². The van der Waals surface area contributed by atoms with Crippen molar-refractivity contribution in [2.75, 3.05) is 39.4 Å². The molecule has 7 heteroatoms. The summed E-state index contributed by atoms with van der Waals surface area (Å²) in [6.45, 7) is 4.61. The molecule has 2 aromatic rings. The monoisotopic (exact) mass is 416 g/mol. The highest BCUT2D eigenvalue weighted by molar-refractivity contribution is 6.30. The Morgan fingerprint density at radius 1 is 0.828 bits per heavy atom. The number of carbonyl (C=O) groups is 2. The molecule has 0 atom stereocenters. The maximum atomic E-state index is 12.5. The van der Waals surface area contributed by atoms with Crippen molar-refractivity contribution in [2.24, 2.45) is 0 Å². The minimum Gasteiger partial charge on any atom is -0.494 e. The van der Waals surface area contributed by atoms with Gasteiger partial charge in [0, 0.05) is 31.2 Å². The number of hydrogen-bond acceptors (Lipinski definition) is 4. The zero-order valence-corrected chi connectivity index (χ0v) is 17.2. The summed E-state index contributed by atoms with van der Waals surface area (Å²) in [5.74, 6) is 1.39. The van der Waals surface area contributed by atoms with E-state index in [1.807, 2.05) is 31.2 Å². The Bertz CT molecular complexity index is 816. The molecule has 1 aliphatic rings. The van der Waals surface area contributed by atoms with Crippen LogP contribution in [0, 0.1) is 0 Å². The Kier molecular flexibility index (Phi) is 7.36. The number of benzene rings is 2. The van der Waals surface area contributed by atoms with Gasteiger partial charge in [-0.3, -0.25) is 9.59 Å². The van der Waals surface area contributed by atoms with Gasteiger partial charge in [-0.1, -0.05) is 23.7 Å². The number of hydrogen-bond donors (Lipinski definition) is 0. The van der Waals surface area contributed by atoms with Crippen molar-refractivity contribution < 1.29 is 19.1 Å². The van der Waals surface area contributed by atoms with E-state index >= 15 is 0 Å². The van der Waals surface area contributed by atoms with Crippen molar-refractivity contribution in [1.82, 2.24) is 9.80 Å². The molecule has 2 aromatic carbocycles. The van der Waals surface area contributed by atoms with E-state index in [0.717, 1.165) is 11.3 Å². The van der Waals surface area contributed by atoms with Crippen LogP contribution in [0.15, 0.2) is 48.5 Å². The molecule has 1 saturated heterocycles. The molecule has 0 saturated carbocycles. The molecule has 154 valence electrons. The van der Waals surface area contributed by atoms with Crippen molar-refractivity contribution in [2.45, 2.75) is 13.3 Å². The first-order valence-electron chi connectivity index (χ1n) is 9.71. The zero-order chi connectivity index (χ0) is 20.6. The third-order valence-electron chi connectivity index (χ3n) is 4.75. The minimum absolute atomic E-state index is 0.0260. The summed E-state index contributed by atoms with van der Waals surface area (Å²) in [7, 11) is 0. The lowest BCUT2D eigenvalue weighted by molar-refractivity contribution is -0.140. The van der Waals surface area contributed by atoms with Crippen molar-refractivity contribution in [3.63, 3.8) is 0 Å². The smallest absolute Gasteiger partial charge is 0.260 e. The predicted octanol–water partition coefficient (Wildman–Crippen LogP) is 3.03. The minimum atomic E-state index is -0.0847. The Labute approximate surface area is 176 Å². The molecule has 1 aliphatic heterocycles. The highest BCUT2D eigenvalue weighted by atomic mass is 35.5. The van der Waals surface area contributed by atoms with E-state index in [0.29, 0.717) is 50.0 Å². The summed E-state index contributed by atoms with van der Waals surface area (Å²) in [4.78, 5) is 28.4. The van der Waals surface area contributed by atoms with Gasteiger partial charge >= 0.3 is 0 Å². The van der Waals surface area contributed by atoms with E-state index < -0.39 is 0 Å². The van der Waals surface area contributed by atoms with E-state index in [2.05, 4.69) is 0 Å². The average Bonchev–Trinajstić information content (AvgIpc) is 2.75. The molecular weight excluding hydrogens is 392 g/mol. The van der Waals surface area contributed by atoms with Crippen LogP contribution in [0.5, 0.6) is 11.5 Å². The highest BCUT2D eigenvalue weighted by Crippen LogP contribution is 2.16. The Hall–Kier alpha value is -2.73. The van der Waals surface area contributed by atoms with Crippen LogP contribution in [0.25, 0.3) is 0 Å². The molecule has 3 rings (SSSR count). The van der Waals surface area contributed by atoms with E-state index in [4.69, 9.17) is 21.1 Å². The van der Waals surface area contributed by atoms with Crippen LogP contribution in [0.2, 0.25) is 5.02 Å².